The Bertz CT molecular complexity index is 706. The fraction of sp³-hybridized carbons (Fsp3) is 0.231. The smallest absolute Gasteiger partial charge is 0.368 e. The number of nitrogens with two attached hydrogens (primary N) is 1. The van der Waals surface area contributed by atoms with Crippen molar-refractivity contribution >= 4 is 22.6 Å². The van der Waals surface area contributed by atoms with Crippen molar-refractivity contribution in [3.63, 3.8) is 0 Å². The number of halogens is 3. The van der Waals surface area contributed by atoms with Crippen LogP contribution in [0.25, 0.3) is 0 Å². The number of hydrogen-bond acceptors (Lipinski definition) is 5. The molecule has 1 aromatic carbocycles. The molecule has 2 aromatic rings. The predicted octanol–water partition coefficient (Wildman–Crippen LogP) is 2.43. The van der Waals surface area contributed by atoms with Gasteiger partial charge in [0.1, 0.15) is 11.4 Å². The van der Waals surface area contributed by atoms with Crippen LogP contribution in [0.3, 0.4) is 0 Å². The lowest BCUT2D eigenvalue weighted by Gasteiger charge is -2.13. The molecule has 118 valence electrons. The van der Waals surface area contributed by atoms with Gasteiger partial charge in [0, 0.05) is 34.7 Å². The van der Waals surface area contributed by atoms with E-state index in [0.29, 0.717) is 16.7 Å². The lowest BCUT2D eigenvalue weighted by atomic mass is 10.2. The highest BCUT2D eigenvalue weighted by atomic mass is 32.2. The molecule has 1 aromatic heterocycles. The summed E-state index contributed by atoms with van der Waals surface area (Å²) in [4.78, 5) is 7.55. The van der Waals surface area contributed by atoms with Crippen molar-refractivity contribution in [3.05, 3.63) is 41.6 Å². The zero-order valence-corrected chi connectivity index (χ0v) is 12.3. The van der Waals surface area contributed by atoms with Crippen molar-refractivity contribution in [1.82, 2.24) is 9.97 Å². The molecule has 0 radical (unpaired) electrons. The van der Waals surface area contributed by atoms with Gasteiger partial charge in [-0.2, -0.15) is 18.2 Å². The summed E-state index contributed by atoms with van der Waals surface area (Å²) in [6.45, 7) is 0.0879. The maximum absolute atomic E-state index is 12.9. The molecule has 0 spiro atoms. The van der Waals surface area contributed by atoms with Crippen LogP contribution in [0.1, 0.15) is 11.1 Å². The van der Waals surface area contributed by atoms with E-state index in [1.807, 2.05) is 0 Å². The number of alkyl halides is 3. The Morgan fingerprint density at radius 2 is 2.09 bits per heavy atom. The highest BCUT2D eigenvalue weighted by Crippen LogP contribution is 2.33. The number of benzene rings is 1. The average Bonchev–Trinajstić information content (AvgIpc) is 2.44. The summed E-state index contributed by atoms with van der Waals surface area (Å²) in [5.41, 5.74) is 5.02. The van der Waals surface area contributed by atoms with Gasteiger partial charge in [0.2, 0.25) is 5.95 Å². The molecular formula is C13H13F3N4OS. The van der Waals surface area contributed by atoms with Crippen molar-refractivity contribution in [3.8, 4) is 0 Å². The Morgan fingerprint density at radius 3 is 2.73 bits per heavy atom. The molecule has 5 nitrogen and oxygen atoms in total. The molecule has 1 unspecified atom stereocenters. The van der Waals surface area contributed by atoms with Crippen LogP contribution in [0.2, 0.25) is 0 Å². The number of nitrogen functional groups attached to an aromatic ring is 1. The van der Waals surface area contributed by atoms with Gasteiger partial charge in [-0.05, 0) is 17.7 Å². The van der Waals surface area contributed by atoms with Crippen molar-refractivity contribution in [1.29, 1.82) is 0 Å². The Morgan fingerprint density at radius 1 is 1.36 bits per heavy atom. The Kier molecular flexibility index (Phi) is 4.65. The van der Waals surface area contributed by atoms with E-state index in [1.54, 1.807) is 24.3 Å². The number of rotatable bonds is 4. The molecule has 0 aliphatic heterocycles. The van der Waals surface area contributed by atoms with Crippen LogP contribution >= 0.6 is 0 Å². The van der Waals surface area contributed by atoms with Crippen molar-refractivity contribution in [2.45, 2.75) is 17.6 Å². The van der Waals surface area contributed by atoms with Gasteiger partial charge in [-0.25, -0.2) is 4.98 Å². The fourth-order valence-corrected chi connectivity index (χ4v) is 2.35. The largest absolute Gasteiger partial charge is 0.421 e. The van der Waals surface area contributed by atoms with Gasteiger partial charge < -0.3 is 11.1 Å². The monoisotopic (exact) mass is 330 g/mol. The van der Waals surface area contributed by atoms with E-state index in [0.717, 1.165) is 0 Å². The molecule has 3 N–H and O–H groups in total. The SMILES string of the molecule is CS(=O)c1cccc(CNc2nc(N)ncc2C(F)(F)F)c1. The summed E-state index contributed by atoms with van der Waals surface area (Å²) in [7, 11) is -1.16. The second-order valence-corrected chi connectivity index (χ2v) is 5.82. The molecule has 22 heavy (non-hydrogen) atoms. The highest BCUT2D eigenvalue weighted by molar-refractivity contribution is 7.84. The molecule has 1 atom stereocenters. The molecule has 0 aliphatic rings. The Balaban J connectivity index is 2.23. The predicted molar refractivity (Wildman–Crippen MR) is 77.5 cm³/mol. The number of anilines is 2. The fourth-order valence-electron chi connectivity index (χ4n) is 1.76. The van der Waals surface area contributed by atoms with Gasteiger partial charge in [-0.15, -0.1) is 0 Å². The van der Waals surface area contributed by atoms with E-state index in [-0.39, 0.29) is 18.3 Å². The van der Waals surface area contributed by atoms with Gasteiger partial charge in [0.25, 0.3) is 0 Å². The molecule has 2 rings (SSSR count). The zero-order valence-electron chi connectivity index (χ0n) is 11.5. The summed E-state index contributed by atoms with van der Waals surface area (Å²) >= 11 is 0. The normalized spacial score (nSPS) is 12.9. The van der Waals surface area contributed by atoms with Gasteiger partial charge in [-0.1, -0.05) is 12.1 Å². The third-order valence-electron chi connectivity index (χ3n) is 2.80. The molecule has 0 fully saturated rings. The molecule has 0 saturated heterocycles. The second-order valence-electron chi connectivity index (χ2n) is 4.44. The van der Waals surface area contributed by atoms with Crippen LogP contribution in [-0.2, 0) is 23.5 Å². The summed E-state index contributed by atoms with van der Waals surface area (Å²) in [6.07, 6.45) is -2.41. The first-order valence-corrected chi connectivity index (χ1v) is 7.69. The van der Waals surface area contributed by atoms with Crippen LogP contribution in [0.15, 0.2) is 35.4 Å². The number of nitrogens with zero attached hydrogens (tertiary/aromatic N) is 2. The van der Waals surface area contributed by atoms with E-state index < -0.39 is 22.5 Å². The first kappa shape index (κ1) is 16.2. The molecule has 1 heterocycles. The Hall–Kier alpha value is -2.16. The van der Waals surface area contributed by atoms with E-state index >= 15 is 0 Å². The number of hydrogen-bond donors (Lipinski definition) is 2. The summed E-state index contributed by atoms with van der Waals surface area (Å²) in [5, 5.41) is 2.59. The molecule has 0 amide bonds. The van der Waals surface area contributed by atoms with E-state index in [4.69, 9.17) is 5.73 Å². The maximum atomic E-state index is 12.9. The van der Waals surface area contributed by atoms with E-state index in [2.05, 4.69) is 15.3 Å². The van der Waals surface area contributed by atoms with E-state index in [1.165, 1.54) is 6.26 Å². The van der Waals surface area contributed by atoms with Crippen molar-refractivity contribution in [2.75, 3.05) is 17.3 Å². The zero-order chi connectivity index (χ0) is 16.3. The van der Waals surface area contributed by atoms with Gasteiger partial charge in [0.05, 0.1) is 0 Å². The first-order chi connectivity index (χ1) is 10.3. The average molecular weight is 330 g/mol. The van der Waals surface area contributed by atoms with Crippen LogP contribution in [0, 0.1) is 0 Å². The highest BCUT2D eigenvalue weighted by Gasteiger charge is 2.35. The Labute approximate surface area is 127 Å². The van der Waals surface area contributed by atoms with Crippen LogP contribution < -0.4 is 11.1 Å². The molecule has 0 bridgehead atoms. The summed E-state index contributed by atoms with van der Waals surface area (Å²) in [6, 6.07) is 6.73. The molecular weight excluding hydrogens is 317 g/mol. The minimum Gasteiger partial charge on any atom is -0.368 e. The second kappa shape index (κ2) is 6.30. The van der Waals surface area contributed by atoms with Crippen LogP contribution in [-0.4, -0.2) is 20.4 Å². The minimum absolute atomic E-state index is 0.0879. The lowest BCUT2D eigenvalue weighted by Crippen LogP contribution is -2.14. The topological polar surface area (TPSA) is 80.9 Å². The van der Waals surface area contributed by atoms with Crippen LogP contribution in [0.5, 0.6) is 0 Å². The van der Waals surface area contributed by atoms with Gasteiger partial charge >= 0.3 is 6.18 Å². The molecule has 0 saturated carbocycles. The number of nitrogens with one attached hydrogen (secondary N) is 1. The molecule has 0 aliphatic carbocycles. The molecule has 9 heteroatoms. The summed E-state index contributed by atoms with van der Waals surface area (Å²) in [5.74, 6) is -0.637. The lowest BCUT2D eigenvalue weighted by molar-refractivity contribution is -0.137. The van der Waals surface area contributed by atoms with E-state index in [9.17, 15) is 17.4 Å². The van der Waals surface area contributed by atoms with Crippen LogP contribution in [0.4, 0.5) is 24.9 Å². The third kappa shape index (κ3) is 3.94. The quantitative estimate of drug-likeness (QED) is 0.900. The summed E-state index contributed by atoms with van der Waals surface area (Å²) < 4.78 is 50.0. The third-order valence-corrected chi connectivity index (χ3v) is 3.72. The minimum atomic E-state index is -4.58. The van der Waals surface area contributed by atoms with Crippen molar-refractivity contribution in [2.24, 2.45) is 0 Å². The van der Waals surface area contributed by atoms with Gasteiger partial charge in [0.15, 0.2) is 0 Å². The van der Waals surface area contributed by atoms with Crippen molar-refractivity contribution < 1.29 is 17.4 Å². The maximum Gasteiger partial charge on any atom is 0.421 e. The number of aromatic nitrogens is 2. The first-order valence-electron chi connectivity index (χ1n) is 6.13. The standard InChI is InChI=1S/C13H13F3N4OS/c1-22(21)9-4-2-3-8(5-9)6-18-11-10(13(14,15)16)7-19-12(17)20-11/h2-5,7H,6H2,1H3,(H3,17,18,19,20). The van der Waals surface area contributed by atoms with Gasteiger partial charge in [-0.3, -0.25) is 4.21 Å².